The fourth-order valence-corrected chi connectivity index (χ4v) is 1.25. The van der Waals surface area contributed by atoms with Crippen LogP contribution in [0.1, 0.15) is 58.8 Å². The molecular formula is C10H24ClN. The van der Waals surface area contributed by atoms with Gasteiger partial charge in [0.05, 0.1) is 0 Å². The average molecular weight is 194 g/mol. The molecule has 0 aromatic rings. The van der Waals surface area contributed by atoms with Gasteiger partial charge in [-0.05, 0) is 13.3 Å². The van der Waals surface area contributed by atoms with Crippen LogP contribution in [0.25, 0.3) is 0 Å². The van der Waals surface area contributed by atoms with E-state index in [1.165, 1.54) is 44.9 Å². The van der Waals surface area contributed by atoms with Gasteiger partial charge in [0.1, 0.15) is 0 Å². The highest BCUT2D eigenvalue weighted by molar-refractivity contribution is 5.85. The van der Waals surface area contributed by atoms with Crippen molar-refractivity contribution in [1.29, 1.82) is 0 Å². The minimum atomic E-state index is 0. The Balaban J connectivity index is 0. The van der Waals surface area contributed by atoms with Crippen LogP contribution in [0, 0.1) is 0 Å². The smallest absolute Gasteiger partial charge is 0.00104 e. The van der Waals surface area contributed by atoms with Gasteiger partial charge < -0.3 is 5.73 Å². The van der Waals surface area contributed by atoms with Crippen molar-refractivity contribution in [3.63, 3.8) is 0 Å². The largest absolute Gasteiger partial charge is 0.328 e. The van der Waals surface area contributed by atoms with Crippen LogP contribution in [-0.4, -0.2) is 6.04 Å². The zero-order valence-electron chi connectivity index (χ0n) is 8.51. The highest BCUT2D eigenvalue weighted by atomic mass is 35.5. The van der Waals surface area contributed by atoms with Crippen LogP contribution < -0.4 is 5.73 Å². The Kier molecular flexibility index (Phi) is 13.8. The maximum absolute atomic E-state index is 5.63. The molecule has 0 aromatic heterocycles. The molecule has 12 heavy (non-hydrogen) atoms. The second kappa shape index (κ2) is 11.2. The number of unbranched alkanes of at least 4 members (excludes halogenated alkanes) is 5. The topological polar surface area (TPSA) is 26.0 Å². The van der Waals surface area contributed by atoms with Gasteiger partial charge in [0, 0.05) is 6.04 Å². The molecule has 1 unspecified atom stereocenters. The fraction of sp³-hybridized carbons (Fsp3) is 1.00. The lowest BCUT2D eigenvalue weighted by Crippen LogP contribution is -2.13. The third-order valence-corrected chi connectivity index (χ3v) is 2.01. The van der Waals surface area contributed by atoms with E-state index in [1.54, 1.807) is 0 Å². The molecular weight excluding hydrogens is 170 g/mol. The van der Waals surface area contributed by atoms with E-state index in [1.807, 2.05) is 0 Å². The van der Waals surface area contributed by atoms with Crippen LogP contribution in [0.2, 0.25) is 0 Å². The number of nitrogens with two attached hydrogens (primary N) is 1. The molecule has 2 N–H and O–H groups in total. The summed E-state index contributed by atoms with van der Waals surface area (Å²) in [4.78, 5) is 0. The molecule has 0 saturated heterocycles. The monoisotopic (exact) mass is 193 g/mol. The number of hydrogen-bond donors (Lipinski definition) is 1. The van der Waals surface area contributed by atoms with Crippen molar-refractivity contribution >= 4 is 12.4 Å². The van der Waals surface area contributed by atoms with Crippen LogP contribution in [0.4, 0.5) is 0 Å². The summed E-state index contributed by atoms with van der Waals surface area (Å²) in [7, 11) is 0. The second-order valence-corrected chi connectivity index (χ2v) is 3.53. The lowest BCUT2D eigenvalue weighted by atomic mass is 10.1. The summed E-state index contributed by atoms with van der Waals surface area (Å²) in [5.74, 6) is 0. The summed E-state index contributed by atoms with van der Waals surface area (Å²) in [6.07, 6.45) is 9.45. The molecule has 0 aliphatic carbocycles. The molecule has 0 radical (unpaired) electrons. The Morgan fingerprint density at radius 1 is 1.00 bits per heavy atom. The van der Waals surface area contributed by atoms with E-state index in [2.05, 4.69) is 13.8 Å². The molecule has 0 amide bonds. The predicted molar refractivity (Wildman–Crippen MR) is 58.9 cm³/mol. The normalized spacial score (nSPS) is 12.2. The Morgan fingerprint density at radius 2 is 1.50 bits per heavy atom. The van der Waals surface area contributed by atoms with E-state index >= 15 is 0 Å². The first-order valence-corrected chi connectivity index (χ1v) is 5.03. The zero-order chi connectivity index (χ0) is 8.53. The molecule has 1 nitrogen and oxygen atoms in total. The Bertz CT molecular complexity index is 74.2. The van der Waals surface area contributed by atoms with E-state index in [-0.39, 0.29) is 12.4 Å². The lowest BCUT2D eigenvalue weighted by Gasteiger charge is -2.03. The van der Waals surface area contributed by atoms with Crippen molar-refractivity contribution in [3.05, 3.63) is 0 Å². The fourth-order valence-electron chi connectivity index (χ4n) is 1.25. The maximum Gasteiger partial charge on any atom is 0.00104 e. The second-order valence-electron chi connectivity index (χ2n) is 3.53. The molecule has 1 atom stereocenters. The highest BCUT2D eigenvalue weighted by Gasteiger charge is 1.93. The predicted octanol–water partition coefficient (Wildman–Crippen LogP) is 3.51. The third kappa shape index (κ3) is 12.9. The lowest BCUT2D eigenvalue weighted by molar-refractivity contribution is 0.554. The summed E-state index contributed by atoms with van der Waals surface area (Å²) in [5.41, 5.74) is 5.63. The van der Waals surface area contributed by atoms with Crippen LogP contribution in [0.15, 0.2) is 0 Å². The summed E-state index contributed by atoms with van der Waals surface area (Å²) < 4.78 is 0. The summed E-state index contributed by atoms with van der Waals surface area (Å²) in [5, 5.41) is 0. The van der Waals surface area contributed by atoms with E-state index in [0.29, 0.717) is 6.04 Å². The van der Waals surface area contributed by atoms with Crippen molar-refractivity contribution in [1.82, 2.24) is 0 Å². The van der Waals surface area contributed by atoms with Gasteiger partial charge in [0.15, 0.2) is 0 Å². The molecule has 0 heterocycles. The van der Waals surface area contributed by atoms with E-state index in [9.17, 15) is 0 Å². The van der Waals surface area contributed by atoms with E-state index in [4.69, 9.17) is 5.73 Å². The first-order valence-electron chi connectivity index (χ1n) is 5.03. The minimum absolute atomic E-state index is 0. The SMILES string of the molecule is CCCCCCCCC(C)N.Cl. The quantitative estimate of drug-likeness (QED) is 0.616. The van der Waals surface area contributed by atoms with Gasteiger partial charge in [-0.2, -0.15) is 0 Å². The van der Waals surface area contributed by atoms with Gasteiger partial charge in [0.25, 0.3) is 0 Å². The minimum Gasteiger partial charge on any atom is -0.328 e. The van der Waals surface area contributed by atoms with Crippen molar-refractivity contribution in [2.24, 2.45) is 5.73 Å². The van der Waals surface area contributed by atoms with Crippen LogP contribution in [0.5, 0.6) is 0 Å². The third-order valence-electron chi connectivity index (χ3n) is 2.01. The molecule has 0 saturated carbocycles. The van der Waals surface area contributed by atoms with E-state index in [0.717, 1.165) is 0 Å². The molecule has 0 aromatic carbocycles. The van der Waals surface area contributed by atoms with E-state index < -0.39 is 0 Å². The molecule has 0 aliphatic rings. The first kappa shape index (κ1) is 14.8. The summed E-state index contributed by atoms with van der Waals surface area (Å²) in [6.45, 7) is 4.34. The van der Waals surface area contributed by atoms with Crippen molar-refractivity contribution in [3.8, 4) is 0 Å². The standard InChI is InChI=1S/C10H23N.ClH/c1-3-4-5-6-7-8-9-10(2)11;/h10H,3-9,11H2,1-2H3;1H. The summed E-state index contributed by atoms with van der Waals surface area (Å²) in [6, 6.07) is 0.404. The van der Waals surface area contributed by atoms with Crippen LogP contribution in [-0.2, 0) is 0 Å². The molecule has 0 aliphatic heterocycles. The Labute approximate surface area is 83.5 Å². The van der Waals surface area contributed by atoms with Crippen molar-refractivity contribution in [2.75, 3.05) is 0 Å². The highest BCUT2D eigenvalue weighted by Crippen LogP contribution is 2.07. The first-order chi connectivity index (χ1) is 5.27. The molecule has 0 fully saturated rings. The molecule has 0 bridgehead atoms. The van der Waals surface area contributed by atoms with Crippen LogP contribution >= 0.6 is 12.4 Å². The maximum atomic E-state index is 5.63. The Morgan fingerprint density at radius 3 is 2.00 bits per heavy atom. The number of halogens is 1. The van der Waals surface area contributed by atoms with Crippen molar-refractivity contribution in [2.45, 2.75) is 64.8 Å². The van der Waals surface area contributed by atoms with Crippen LogP contribution in [0.3, 0.4) is 0 Å². The number of hydrogen-bond acceptors (Lipinski definition) is 1. The van der Waals surface area contributed by atoms with Gasteiger partial charge in [-0.1, -0.05) is 45.4 Å². The zero-order valence-corrected chi connectivity index (χ0v) is 9.33. The van der Waals surface area contributed by atoms with Gasteiger partial charge in [-0.15, -0.1) is 12.4 Å². The van der Waals surface area contributed by atoms with Gasteiger partial charge in [-0.25, -0.2) is 0 Å². The van der Waals surface area contributed by atoms with Gasteiger partial charge in [0.2, 0.25) is 0 Å². The Hall–Kier alpha value is 0.250. The molecule has 0 rings (SSSR count). The molecule has 76 valence electrons. The van der Waals surface area contributed by atoms with Gasteiger partial charge in [-0.3, -0.25) is 0 Å². The average Bonchev–Trinajstić information content (AvgIpc) is 1.96. The number of rotatable bonds is 7. The molecule has 0 spiro atoms. The van der Waals surface area contributed by atoms with Gasteiger partial charge >= 0.3 is 0 Å². The van der Waals surface area contributed by atoms with Crippen molar-refractivity contribution < 1.29 is 0 Å². The summed E-state index contributed by atoms with van der Waals surface area (Å²) >= 11 is 0. The molecule has 2 heteroatoms.